The summed E-state index contributed by atoms with van der Waals surface area (Å²) in [5.41, 5.74) is 0.102. The molecule has 0 aliphatic carbocycles. The van der Waals surface area contributed by atoms with E-state index in [1.54, 1.807) is 4.90 Å². The van der Waals surface area contributed by atoms with Crippen LogP contribution in [0, 0.1) is 10.1 Å². The Morgan fingerprint density at radius 2 is 1.83 bits per heavy atom. The summed E-state index contributed by atoms with van der Waals surface area (Å²) in [4.78, 5) is 36.8. The zero-order chi connectivity index (χ0) is 16.8. The first-order valence-corrected chi connectivity index (χ1v) is 7.90. The lowest BCUT2D eigenvalue weighted by molar-refractivity contribution is -0.384. The first-order chi connectivity index (χ1) is 11.0. The van der Waals surface area contributed by atoms with E-state index < -0.39 is 10.8 Å². The van der Waals surface area contributed by atoms with Crippen LogP contribution < -0.4 is 5.32 Å². The average Bonchev–Trinajstić information content (AvgIpc) is 2.59. The molecule has 1 aliphatic heterocycles. The summed E-state index contributed by atoms with van der Waals surface area (Å²) < 4.78 is 0. The molecule has 0 atom stereocenters. The van der Waals surface area contributed by atoms with Gasteiger partial charge in [-0.3, -0.25) is 19.7 Å². The smallest absolute Gasteiger partial charge is 0.271 e. The number of nitrogens with one attached hydrogen (secondary N) is 1. The summed E-state index contributed by atoms with van der Waals surface area (Å²) >= 11 is 0. The number of nitrogens with zero attached hydrogens (tertiary/aromatic N) is 2. The van der Waals surface area contributed by atoms with Crippen molar-refractivity contribution in [2.75, 3.05) is 19.6 Å². The lowest BCUT2D eigenvalue weighted by Crippen LogP contribution is -2.35. The zero-order valence-electron chi connectivity index (χ0n) is 13.2. The monoisotopic (exact) mass is 319 g/mol. The largest absolute Gasteiger partial charge is 0.352 e. The minimum Gasteiger partial charge on any atom is -0.352 e. The predicted octanol–water partition coefficient (Wildman–Crippen LogP) is 2.36. The molecule has 23 heavy (non-hydrogen) atoms. The number of carbonyl (C=O) groups excluding carboxylic acids is 2. The molecule has 0 bridgehead atoms. The number of amides is 2. The third-order valence-corrected chi connectivity index (χ3v) is 3.82. The van der Waals surface area contributed by atoms with Gasteiger partial charge in [0.1, 0.15) is 0 Å². The molecule has 1 N–H and O–H groups in total. The molecule has 1 aromatic carbocycles. The number of hydrogen-bond donors (Lipinski definition) is 1. The Labute approximate surface area is 134 Å². The Bertz CT molecular complexity index is 609. The lowest BCUT2D eigenvalue weighted by Gasteiger charge is -2.26. The van der Waals surface area contributed by atoms with E-state index >= 15 is 0 Å². The van der Waals surface area contributed by atoms with Crippen molar-refractivity contribution in [1.29, 1.82) is 0 Å². The number of carbonyl (C=O) groups is 2. The van der Waals surface area contributed by atoms with Gasteiger partial charge in [0.25, 0.3) is 17.5 Å². The topological polar surface area (TPSA) is 92.6 Å². The maximum atomic E-state index is 12.5. The highest BCUT2D eigenvalue weighted by atomic mass is 16.6. The lowest BCUT2D eigenvalue weighted by atomic mass is 10.1. The maximum Gasteiger partial charge on any atom is 0.271 e. The van der Waals surface area contributed by atoms with Gasteiger partial charge in [0.2, 0.25) is 0 Å². The number of nitro groups is 1. The van der Waals surface area contributed by atoms with Gasteiger partial charge in [0.05, 0.1) is 4.92 Å². The van der Waals surface area contributed by atoms with Crippen LogP contribution in [0.25, 0.3) is 0 Å². The fourth-order valence-electron chi connectivity index (χ4n) is 2.59. The van der Waals surface area contributed by atoms with Crippen LogP contribution in [0.2, 0.25) is 0 Å². The fourth-order valence-corrected chi connectivity index (χ4v) is 2.59. The quantitative estimate of drug-likeness (QED) is 0.666. The number of benzene rings is 1. The fraction of sp³-hybridized carbons (Fsp3) is 0.500. The molecule has 2 amide bonds. The summed E-state index contributed by atoms with van der Waals surface area (Å²) in [7, 11) is 0. The second-order valence-corrected chi connectivity index (χ2v) is 5.63. The number of nitro benzene ring substituents is 1. The molecule has 0 spiro atoms. The number of rotatable bonds is 5. The van der Waals surface area contributed by atoms with Gasteiger partial charge in [-0.05, 0) is 31.7 Å². The Morgan fingerprint density at radius 3 is 2.43 bits per heavy atom. The normalized spacial score (nSPS) is 14.4. The van der Waals surface area contributed by atoms with Gasteiger partial charge in [-0.2, -0.15) is 0 Å². The van der Waals surface area contributed by atoms with E-state index in [9.17, 15) is 19.7 Å². The molecule has 1 fully saturated rings. The van der Waals surface area contributed by atoms with Crippen molar-refractivity contribution in [3.8, 4) is 0 Å². The van der Waals surface area contributed by atoms with Crippen molar-refractivity contribution in [2.45, 2.75) is 32.6 Å². The minimum atomic E-state index is -0.580. The standard InChI is InChI=1S/C16H21N3O4/c1-2-6-17-15(20)12-9-13(11-14(10-12)19(22)23)16(21)18-7-4-3-5-8-18/h9-11H,2-8H2,1H3,(H,17,20). The predicted molar refractivity (Wildman–Crippen MR) is 85.5 cm³/mol. The van der Waals surface area contributed by atoms with Gasteiger partial charge in [-0.1, -0.05) is 6.92 Å². The summed E-state index contributed by atoms with van der Waals surface area (Å²) in [6.07, 6.45) is 3.72. The molecular formula is C16H21N3O4. The van der Waals surface area contributed by atoms with E-state index in [-0.39, 0.29) is 22.7 Å². The highest BCUT2D eigenvalue weighted by Gasteiger charge is 2.22. The van der Waals surface area contributed by atoms with Crippen LogP contribution in [0.1, 0.15) is 53.3 Å². The van der Waals surface area contributed by atoms with E-state index in [4.69, 9.17) is 0 Å². The molecule has 0 aromatic heterocycles. The van der Waals surface area contributed by atoms with Gasteiger partial charge < -0.3 is 10.2 Å². The van der Waals surface area contributed by atoms with Crippen LogP contribution in [0.3, 0.4) is 0 Å². The molecule has 1 heterocycles. The van der Waals surface area contributed by atoms with Gasteiger partial charge in [-0.15, -0.1) is 0 Å². The van der Waals surface area contributed by atoms with Crippen molar-refractivity contribution in [1.82, 2.24) is 10.2 Å². The first-order valence-electron chi connectivity index (χ1n) is 7.90. The molecule has 124 valence electrons. The van der Waals surface area contributed by atoms with Crippen molar-refractivity contribution in [3.05, 3.63) is 39.4 Å². The Kier molecular flexibility index (Phi) is 5.67. The van der Waals surface area contributed by atoms with E-state index in [0.717, 1.165) is 25.7 Å². The van der Waals surface area contributed by atoms with Crippen LogP contribution in [0.4, 0.5) is 5.69 Å². The second-order valence-electron chi connectivity index (χ2n) is 5.63. The van der Waals surface area contributed by atoms with E-state index in [1.807, 2.05) is 6.92 Å². The van der Waals surface area contributed by atoms with Gasteiger partial charge in [0, 0.05) is 42.9 Å². The van der Waals surface area contributed by atoms with Gasteiger partial charge in [-0.25, -0.2) is 0 Å². The summed E-state index contributed by atoms with van der Waals surface area (Å²) in [5, 5.41) is 13.8. The summed E-state index contributed by atoms with van der Waals surface area (Å²) in [6, 6.07) is 3.89. The molecule has 2 rings (SSSR count). The van der Waals surface area contributed by atoms with Crippen LogP contribution in [-0.4, -0.2) is 41.3 Å². The highest BCUT2D eigenvalue weighted by molar-refractivity contribution is 6.00. The molecule has 0 unspecified atom stereocenters. The first kappa shape index (κ1) is 16.9. The van der Waals surface area contributed by atoms with Crippen LogP contribution >= 0.6 is 0 Å². The van der Waals surface area contributed by atoms with Gasteiger partial charge >= 0.3 is 0 Å². The van der Waals surface area contributed by atoms with E-state index in [2.05, 4.69) is 5.32 Å². The van der Waals surface area contributed by atoms with Crippen molar-refractivity contribution in [3.63, 3.8) is 0 Å². The third-order valence-electron chi connectivity index (χ3n) is 3.82. The third kappa shape index (κ3) is 4.28. The van der Waals surface area contributed by atoms with Gasteiger partial charge in [0.15, 0.2) is 0 Å². The van der Waals surface area contributed by atoms with E-state index in [1.165, 1.54) is 18.2 Å². The molecule has 7 nitrogen and oxygen atoms in total. The van der Waals surface area contributed by atoms with E-state index in [0.29, 0.717) is 19.6 Å². The van der Waals surface area contributed by atoms with Crippen LogP contribution in [0.5, 0.6) is 0 Å². The Hall–Kier alpha value is -2.44. The zero-order valence-corrected chi connectivity index (χ0v) is 13.2. The SMILES string of the molecule is CCCNC(=O)c1cc(C(=O)N2CCCCC2)cc([N+](=O)[O-])c1. The summed E-state index contributed by atoms with van der Waals surface area (Å²) in [5.74, 6) is -0.652. The Balaban J connectivity index is 2.30. The molecule has 1 saturated heterocycles. The number of non-ortho nitro benzene ring substituents is 1. The molecule has 0 radical (unpaired) electrons. The second kappa shape index (κ2) is 7.71. The highest BCUT2D eigenvalue weighted by Crippen LogP contribution is 2.20. The van der Waals surface area contributed by atoms with Crippen molar-refractivity contribution >= 4 is 17.5 Å². The molecule has 1 aromatic rings. The molecular weight excluding hydrogens is 298 g/mol. The maximum absolute atomic E-state index is 12.5. The van der Waals surface area contributed by atoms with Crippen LogP contribution in [-0.2, 0) is 0 Å². The van der Waals surface area contributed by atoms with Crippen molar-refractivity contribution < 1.29 is 14.5 Å². The van der Waals surface area contributed by atoms with Crippen LogP contribution in [0.15, 0.2) is 18.2 Å². The molecule has 7 heteroatoms. The molecule has 0 saturated carbocycles. The minimum absolute atomic E-state index is 0.146. The molecule has 1 aliphatic rings. The van der Waals surface area contributed by atoms with Crippen molar-refractivity contribution in [2.24, 2.45) is 0 Å². The number of piperidine rings is 1. The number of likely N-dealkylation sites (tertiary alicyclic amines) is 1. The average molecular weight is 319 g/mol. The summed E-state index contributed by atoms with van der Waals surface area (Å²) in [6.45, 7) is 3.70. The Morgan fingerprint density at radius 1 is 1.17 bits per heavy atom. The number of hydrogen-bond acceptors (Lipinski definition) is 4.